The number of hydrogen-bond acceptors (Lipinski definition) is 1. The first kappa shape index (κ1) is 9.90. The van der Waals surface area contributed by atoms with Crippen molar-refractivity contribution in [1.29, 1.82) is 0 Å². The van der Waals surface area contributed by atoms with Gasteiger partial charge >= 0.3 is 0 Å². The number of halogens is 3. The first-order chi connectivity index (χ1) is 5.65. The van der Waals surface area contributed by atoms with E-state index in [1.807, 2.05) is 0 Å². The van der Waals surface area contributed by atoms with Gasteiger partial charge in [-0.25, -0.2) is 0 Å². The molecule has 0 bridgehead atoms. The van der Waals surface area contributed by atoms with Gasteiger partial charge in [0.1, 0.15) is 5.75 Å². The fraction of sp³-hybridized carbons (Fsp3) is 0. The molecule has 1 aromatic carbocycles. The van der Waals surface area contributed by atoms with Crippen LogP contribution in [0.1, 0.15) is 0 Å². The number of benzene rings is 1. The smallest absolute Gasteiger partial charge is 0.146 e. The topological polar surface area (TPSA) is 9.23 Å². The maximum absolute atomic E-state index is 5.82. The highest BCUT2D eigenvalue weighted by atomic mass is 79.9. The van der Waals surface area contributed by atoms with Gasteiger partial charge in [-0.3, -0.25) is 0 Å². The Morgan fingerprint density at radius 3 is 2.58 bits per heavy atom. The van der Waals surface area contributed by atoms with Crippen molar-refractivity contribution in [2.24, 2.45) is 0 Å². The predicted molar refractivity (Wildman–Crippen MR) is 55.0 cm³/mol. The summed E-state index contributed by atoms with van der Waals surface area (Å²) in [5.74, 6) is 0.500. The molecule has 0 N–H and O–H groups in total. The van der Waals surface area contributed by atoms with Gasteiger partial charge in [0.2, 0.25) is 0 Å². The second kappa shape index (κ2) is 4.17. The highest BCUT2D eigenvalue weighted by Gasteiger charge is 2.05. The molecule has 1 rings (SSSR count). The quantitative estimate of drug-likeness (QED) is 0.574. The van der Waals surface area contributed by atoms with Crippen molar-refractivity contribution in [3.63, 3.8) is 0 Å². The van der Waals surface area contributed by atoms with Crippen molar-refractivity contribution in [3.8, 4) is 5.75 Å². The van der Waals surface area contributed by atoms with Crippen LogP contribution in [0.25, 0.3) is 0 Å². The Morgan fingerprint density at radius 1 is 1.33 bits per heavy atom. The molecule has 4 heteroatoms. The van der Waals surface area contributed by atoms with Crippen LogP contribution in [-0.2, 0) is 0 Å². The Hall–Kier alpha value is -0.180. The summed E-state index contributed by atoms with van der Waals surface area (Å²) < 4.78 is 5.74. The van der Waals surface area contributed by atoms with E-state index in [0.717, 1.165) is 4.47 Å². The summed E-state index contributed by atoms with van der Waals surface area (Å²) in [7, 11) is 0. The van der Waals surface area contributed by atoms with E-state index < -0.39 is 0 Å². The summed E-state index contributed by atoms with van der Waals surface area (Å²) in [4.78, 5) is 0. The lowest BCUT2D eigenvalue weighted by Crippen LogP contribution is -1.82. The van der Waals surface area contributed by atoms with Gasteiger partial charge < -0.3 is 4.74 Å². The summed E-state index contributed by atoms with van der Waals surface area (Å²) >= 11 is 14.9. The lowest BCUT2D eigenvalue weighted by molar-refractivity contribution is 0.483. The van der Waals surface area contributed by atoms with Crippen molar-refractivity contribution < 1.29 is 4.74 Å². The molecule has 0 saturated carbocycles. The maximum atomic E-state index is 5.82. The zero-order valence-electron chi connectivity index (χ0n) is 5.98. The van der Waals surface area contributed by atoms with E-state index in [-0.39, 0.29) is 0 Å². The van der Waals surface area contributed by atoms with E-state index in [1.54, 1.807) is 12.1 Å². The molecule has 0 spiro atoms. The zero-order valence-corrected chi connectivity index (χ0v) is 9.08. The van der Waals surface area contributed by atoms with Crippen LogP contribution in [0.15, 0.2) is 29.4 Å². The first-order valence-electron chi connectivity index (χ1n) is 3.07. The van der Waals surface area contributed by atoms with Crippen molar-refractivity contribution in [2.75, 3.05) is 0 Å². The summed E-state index contributed by atoms with van der Waals surface area (Å²) in [6.45, 7) is 3.41. The van der Waals surface area contributed by atoms with Gasteiger partial charge in [-0.2, -0.15) is 0 Å². The molecule has 0 saturated heterocycles. The monoisotopic (exact) mass is 266 g/mol. The molecule has 0 heterocycles. The molecule has 12 heavy (non-hydrogen) atoms. The Bertz CT molecular complexity index is 312. The van der Waals surface area contributed by atoms with E-state index in [0.29, 0.717) is 15.8 Å². The molecule has 0 aliphatic carbocycles. The van der Waals surface area contributed by atoms with E-state index in [1.165, 1.54) is 6.26 Å². The molecule has 1 aromatic rings. The fourth-order valence-corrected chi connectivity index (χ4v) is 1.52. The Labute approximate surface area is 89.1 Å². The lowest BCUT2D eigenvalue weighted by atomic mass is 10.3. The minimum Gasteiger partial charge on any atom is -0.464 e. The van der Waals surface area contributed by atoms with Crippen molar-refractivity contribution in [1.82, 2.24) is 0 Å². The summed E-state index contributed by atoms with van der Waals surface area (Å²) in [6.07, 6.45) is 1.30. The van der Waals surface area contributed by atoms with Gasteiger partial charge in [-0.15, -0.1) is 0 Å². The van der Waals surface area contributed by atoms with Gasteiger partial charge in [-0.1, -0.05) is 29.8 Å². The van der Waals surface area contributed by atoms with E-state index in [2.05, 4.69) is 22.5 Å². The molecule has 0 atom stereocenters. The number of rotatable bonds is 2. The van der Waals surface area contributed by atoms with Gasteiger partial charge in [0.15, 0.2) is 0 Å². The van der Waals surface area contributed by atoms with E-state index in [9.17, 15) is 0 Å². The van der Waals surface area contributed by atoms with Crippen molar-refractivity contribution >= 4 is 39.1 Å². The molecule has 0 aliphatic heterocycles. The van der Waals surface area contributed by atoms with Crippen molar-refractivity contribution in [3.05, 3.63) is 39.5 Å². The van der Waals surface area contributed by atoms with Crippen LogP contribution < -0.4 is 4.74 Å². The molecule has 0 radical (unpaired) electrons. The Kier molecular flexibility index (Phi) is 3.44. The van der Waals surface area contributed by atoms with Crippen LogP contribution in [0.3, 0.4) is 0 Å². The lowest BCUT2D eigenvalue weighted by Gasteiger charge is -2.04. The maximum Gasteiger partial charge on any atom is 0.146 e. The second-order valence-corrected chi connectivity index (χ2v) is 3.65. The molecular weight excluding hydrogens is 263 g/mol. The minimum atomic E-state index is 0.492. The first-order valence-corrected chi connectivity index (χ1v) is 4.62. The molecule has 0 aromatic heterocycles. The third-order valence-electron chi connectivity index (χ3n) is 1.19. The standard InChI is InChI=1S/C8H5BrCl2O/c1-2-12-8-4-6(10)5(9)3-7(8)11/h2-4H,1H2. The SMILES string of the molecule is C=COc1cc(Cl)c(Br)cc1Cl. The molecular formula is C8H5BrCl2O. The Balaban J connectivity index is 3.13. The van der Waals surface area contributed by atoms with Gasteiger partial charge in [0, 0.05) is 10.5 Å². The highest BCUT2D eigenvalue weighted by Crippen LogP contribution is 2.33. The molecule has 0 unspecified atom stereocenters. The molecule has 0 fully saturated rings. The normalized spacial score (nSPS) is 9.58. The third kappa shape index (κ3) is 2.16. The molecule has 1 nitrogen and oxygen atoms in total. The zero-order chi connectivity index (χ0) is 9.14. The van der Waals surface area contributed by atoms with Crippen LogP contribution in [0, 0.1) is 0 Å². The van der Waals surface area contributed by atoms with Crippen LogP contribution in [0.4, 0.5) is 0 Å². The minimum absolute atomic E-state index is 0.492. The average Bonchev–Trinajstić information content (AvgIpc) is 2.01. The molecule has 0 amide bonds. The summed E-state index contributed by atoms with van der Waals surface area (Å²) in [5.41, 5.74) is 0. The van der Waals surface area contributed by atoms with E-state index >= 15 is 0 Å². The fourth-order valence-electron chi connectivity index (χ4n) is 0.684. The number of hydrogen-bond donors (Lipinski definition) is 0. The van der Waals surface area contributed by atoms with Crippen LogP contribution in [0.2, 0.25) is 10.0 Å². The third-order valence-corrected chi connectivity index (χ3v) is 2.68. The van der Waals surface area contributed by atoms with Gasteiger partial charge in [0.25, 0.3) is 0 Å². The largest absolute Gasteiger partial charge is 0.464 e. The highest BCUT2D eigenvalue weighted by molar-refractivity contribution is 9.10. The van der Waals surface area contributed by atoms with Crippen LogP contribution >= 0.6 is 39.1 Å². The second-order valence-electron chi connectivity index (χ2n) is 1.98. The van der Waals surface area contributed by atoms with E-state index in [4.69, 9.17) is 27.9 Å². The van der Waals surface area contributed by atoms with Crippen LogP contribution in [0.5, 0.6) is 5.75 Å². The average molecular weight is 268 g/mol. The predicted octanol–water partition coefficient (Wildman–Crippen LogP) is 4.28. The Morgan fingerprint density at radius 2 is 2.00 bits per heavy atom. The van der Waals surface area contributed by atoms with Crippen molar-refractivity contribution in [2.45, 2.75) is 0 Å². The van der Waals surface area contributed by atoms with Gasteiger partial charge in [-0.05, 0) is 22.0 Å². The summed E-state index contributed by atoms with van der Waals surface area (Å²) in [6, 6.07) is 3.29. The van der Waals surface area contributed by atoms with Gasteiger partial charge in [0.05, 0.1) is 16.3 Å². The number of ether oxygens (including phenoxy) is 1. The molecule has 0 aliphatic rings. The van der Waals surface area contributed by atoms with Crippen LogP contribution in [-0.4, -0.2) is 0 Å². The summed E-state index contributed by atoms with van der Waals surface area (Å²) in [5, 5.41) is 1.04. The molecule has 64 valence electrons.